The second kappa shape index (κ2) is 6.46. The predicted molar refractivity (Wildman–Crippen MR) is 89.7 cm³/mol. The van der Waals surface area contributed by atoms with Crippen molar-refractivity contribution in [2.24, 2.45) is 0 Å². The molecule has 0 aromatic heterocycles. The van der Waals surface area contributed by atoms with Crippen LogP contribution in [-0.4, -0.2) is 12.0 Å². The van der Waals surface area contributed by atoms with Gasteiger partial charge in [0.05, 0.1) is 5.56 Å². The van der Waals surface area contributed by atoms with Gasteiger partial charge in [-0.25, -0.2) is 0 Å². The number of halogens is 4. The second-order valence-corrected chi connectivity index (χ2v) is 6.60. The Labute approximate surface area is 151 Å². The lowest BCUT2D eigenvalue weighted by Crippen LogP contribution is -2.41. The Morgan fingerprint density at radius 3 is 2.52 bits per heavy atom. The van der Waals surface area contributed by atoms with Gasteiger partial charge in [0.15, 0.2) is 5.72 Å². The molecule has 1 saturated heterocycles. The lowest BCUT2D eigenvalue weighted by Gasteiger charge is -2.31. The van der Waals surface area contributed by atoms with Crippen molar-refractivity contribution in [3.63, 3.8) is 0 Å². The fourth-order valence-electron chi connectivity index (χ4n) is 2.91. The molecule has 0 radical (unpaired) electrons. The van der Waals surface area contributed by atoms with Crippen LogP contribution in [0.3, 0.4) is 0 Å². The summed E-state index contributed by atoms with van der Waals surface area (Å²) in [5, 5.41) is 2.76. The number of rotatable bonds is 3. The Morgan fingerprint density at radius 2 is 1.92 bits per heavy atom. The summed E-state index contributed by atoms with van der Waals surface area (Å²) in [6, 6.07) is 11.8. The molecule has 25 heavy (non-hydrogen) atoms. The van der Waals surface area contributed by atoms with E-state index >= 15 is 0 Å². The van der Waals surface area contributed by atoms with Gasteiger partial charge in [-0.15, -0.1) is 0 Å². The maximum Gasteiger partial charge on any atom is 0.416 e. The Balaban J connectivity index is 2.21. The Bertz CT molecular complexity index is 809. The summed E-state index contributed by atoms with van der Waals surface area (Å²) in [5.74, 6) is -0.351. The van der Waals surface area contributed by atoms with Crippen LogP contribution >= 0.6 is 15.9 Å². The molecule has 1 heterocycles. The van der Waals surface area contributed by atoms with Crippen molar-refractivity contribution in [2.45, 2.75) is 31.3 Å². The first-order chi connectivity index (χ1) is 11.8. The van der Waals surface area contributed by atoms with Crippen molar-refractivity contribution in [1.29, 1.82) is 0 Å². The van der Waals surface area contributed by atoms with E-state index in [-0.39, 0.29) is 11.5 Å². The van der Waals surface area contributed by atoms with Gasteiger partial charge >= 0.3 is 6.18 Å². The van der Waals surface area contributed by atoms with Crippen LogP contribution in [0.2, 0.25) is 0 Å². The normalized spacial score (nSPS) is 23.6. The molecular weight excluding hydrogens is 399 g/mol. The highest BCUT2D eigenvalue weighted by atomic mass is 79.9. The maximum atomic E-state index is 13.1. The molecule has 3 rings (SSSR count). The Hall–Kier alpha value is -1.86. The van der Waals surface area contributed by atoms with Crippen LogP contribution < -0.4 is 5.32 Å². The molecule has 3 nitrogen and oxygen atoms in total. The fraction of sp³-hybridized carbons (Fsp3) is 0.278. The first kappa shape index (κ1) is 17.9. The molecule has 0 spiro atoms. The molecule has 1 aliphatic rings. The number of carbonyl (C=O) groups excluding carboxylic acids is 1. The van der Waals surface area contributed by atoms with Crippen molar-refractivity contribution in [1.82, 2.24) is 5.32 Å². The highest BCUT2D eigenvalue weighted by molar-refractivity contribution is 9.10. The summed E-state index contributed by atoms with van der Waals surface area (Å²) in [5.41, 5.74) is -1.51. The van der Waals surface area contributed by atoms with E-state index in [1.165, 1.54) is 12.1 Å². The molecule has 0 bridgehead atoms. The molecule has 7 heteroatoms. The highest BCUT2D eigenvalue weighted by Gasteiger charge is 2.48. The number of amides is 1. The third-order valence-electron chi connectivity index (χ3n) is 4.13. The monoisotopic (exact) mass is 413 g/mol. The second-order valence-electron chi connectivity index (χ2n) is 5.74. The summed E-state index contributed by atoms with van der Waals surface area (Å²) in [6.07, 6.45) is -4.81. The highest BCUT2D eigenvalue weighted by Crippen LogP contribution is 2.42. The fourth-order valence-corrected chi connectivity index (χ4v) is 3.47. The van der Waals surface area contributed by atoms with Gasteiger partial charge in [0, 0.05) is 15.6 Å². The minimum Gasteiger partial charge on any atom is -0.334 e. The zero-order valence-electron chi connectivity index (χ0n) is 13.2. The molecule has 2 aromatic rings. The van der Waals surface area contributed by atoms with E-state index in [0.717, 1.165) is 12.1 Å². The lowest BCUT2D eigenvalue weighted by atomic mass is 9.93. The van der Waals surface area contributed by atoms with Gasteiger partial charge in [-0.3, -0.25) is 4.79 Å². The molecule has 1 amide bonds. The number of hydrogen-bond acceptors (Lipinski definition) is 2. The topological polar surface area (TPSA) is 38.3 Å². The molecule has 2 unspecified atom stereocenters. The first-order valence-electron chi connectivity index (χ1n) is 7.70. The third kappa shape index (κ3) is 3.18. The van der Waals surface area contributed by atoms with E-state index < -0.39 is 23.6 Å². The molecule has 0 saturated carbocycles. The Kier molecular flexibility index (Phi) is 4.64. The summed E-state index contributed by atoms with van der Waals surface area (Å²) < 4.78 is 46.0. The predicted octanol–water partition coefficient (Wildman–Crippen LogP) is 4.59. The van der Waals surface area contributed by atoms with Gasteiger partial charge in [0.2, 0.25) is 0 Å². The van der Waals surface area contributed by atoms with Gasteiger partial charge in [0.25, 0.3) is 5.91 Å². The van der Waals surface area contributed by atoms with Gasteiger partial charge in [-0.05, 0) is 24.6 Å². The van der Waals surface area contributed by atoms with E-state index in [1.807, 2.05) is 0 Å². The number of benzene rings is 2. The molecule has 1 fully saturated rings. The number of alkyl halides is 3. The Morgan fingerprint density at radius 1 is 1.20 bits per heavy atom. The molecule has 1 N–H and O–H groups in total. The minimum absolute atomic E-state index is 0.221. The van der Waals surface area contributed by atoms with E-state index in [2.05, 4.69) is 21.2 Å². The van der Waals surface area contributed by atoms with E-state index in [4.69, 9.17) is 4.74 Å². The zero-order valence-corrected chi connectivity index (χ0v) is 14.8. The third-order valence-corrected chi connectivity index (χ3v) is 4.82. The van der Waals surface area contributed by atoms with Gasteiger partial charge in [0.1, 0.15) is 6.10 Å². The van der Waals surface area contributed by atoms with Gasteiger partial charge in [-0.1, -0.05) is 53.2 Å². The molecule has 0 aliphatic carbocycles. The van der Waals surface area contributed by atoms with Gasteiger partial charge in [-0.2, -0.15) is 13.2 Å². The smallest absolute Gasteiger partial charge is 0.334 e. The van der Waals surface area contributed by atoms with Crippen molar-refractivity contribution in [3.8, 4) is 0 Å². The quantitative estimate of drug-likeness (QED) is 0.798. The van der Waals surface area contributed by atoms with Crippen molar-refractivity contribution < 1.29 is 22.7 Å². The van der Waals surface area contributed by atoms with Crippen LogP contribution in [0.25, 0.3) is 0 Å². The molecule has 2 aromatic carbocycles. The van der Waals surface area contributed by atoms with E-state index in [0.29, 0.717) is 16.5 Å². The number of carbonyl (C=O) groups is 1. The maximum absolute atomic E-state index is 13.1. The standard InChI is InChI=1S/C18H15BrF3NO2/c1-2-15-16(24)23-17(25-15,13-8-3-4-9-14(13)19)11-6-5-7-12(10-11)18(20,21)22/h3-10,15H,2H2,1H3,(H,23,24). The lowest BCUT2D eigenvalue weighted by molar-refractivity contribution is -0.137. The van der Waals surface area contributed by atoms with Crippen LogP contribution in [-0.2, 0) is 21.4 Å². The summed E-state index contributed by atoms with van der Waals surface area (Å²) >= 11 is 3.41. The number of hydrogen-bond donors (Lipinski definition) is 1. The summed E-state index contributed by atoms with van der Waals surface area (Å²) in [4.78, 5) is 12.3. The van der Waals surface area contributed by atoms with Crippen molar-refractivity contribution in [2.75, 3.05) is 0 Å². The number of ether oxygens (including phenoxy) is 1. The zero-order chi connectivity index (χ0) is 18.2. The first-order valence-corrected chi connectivity index (χ1v) is 8.50. The average molecular weight is 414 g/mol. The van der Waals surface area contributed by atoms with Crippen molar-refractivity contribution >= 4 is 21.8 Å². The van der Waals surface area contributed by atoms with Crippen LogP contribution in [0, 0.1) is 0 Å². The minimum atomic E-state index is -4.49. The summed E-state index contributed by atoms with van der Waals surface area (Å²) in [7, 11) is 0. The van der Waals surface area contributed by atoms with Crippen LogP contribution in [0.5, 0.6) is 0 Å². The number of nitrogens with one attached hydrogen (secondary N) is 1. The SMILES string of the molecule is CCC1OC(c2cccc(C(F)(F)F)c2)(c2ccccc2Br)NC1=O. The molecular formula is C18H15BrF3NO2. The van der Waals surface area contributed by atoms with E-state index in [1.54, 1.807) is 31.2 Å². The van der Waals surface area contributed by atoms with Crippen LogP contribution in [0.15, 0.2) is 53.0 Å². The molecule has 132 valence electrons. The van der Waals surface area contributed by atoms with E-state index in [9.17, 15) is 18.0 Å². The van der Waals surface area contributed by atoms with Gasteiger partial charge < -0.3 is 10.1 Å². The molecule has 1 aliphatic heterocycles. The van der Waals surface area contributed by atoms with Crippen LogP contribution in [0.4, 0.5) is 13.2 Å². The summed E-state index contributed by atoms with van der Waals surface area (Å²) in [6.45, 7) is 1.78. The van der Waals surface area contributed by atoms with Crippen LogP contribution in [0.1, 0.15) is 30.0 Å². The van der Waals surface area contributed by atoms with Crippen molar-refractivity contribution in [3.05, 3.63) is 69.7 Å². The average Bonchev–Trinajstić information content (AvgIpc) is 2.92. The molecule has 2 atom stereocenters. The largest absolute Gasteiger partial charge is 0.416 e.